The number of hydrogen-bond acceptors (Lipinski definition) is 4. The molecular formula is C15H24N2O3. The molecule has 0 bridgehead atoms. The van der Waals surface area contributed by atoms with Gasteiger partial charge < -0.3 is 20.8 Å². The Labute approximate surface area is 120 Å². The maximum absolute atomic E-state index is 12.5. The molecule has 0 saturated carbocycles. The summed E-state index contributed by atoms with van der Waals surface area (Å²) < 4.78 is 0. The quantitative estimate of drug-likeness (QED) is 0.743. The summed E-state index contributed by atoms with van der Waals surface area (Å²) in [4.78, 5) is 14.2. The second kappa shape index (κ2) is 6.61. The number of carbonyl (C=O) groups excluding carboxylic acids is 1. The van der Waals surface area contributed by atoms with Gasteiger partial charge in [-0.1, -0.05) is 20.8 Å². The highest BCUT2D eigenvalue weighted by atomic mass is 16.3. The standard InChI is InChI=1S/C15H24N2O3/c1-4-5-17(10-15(2,3)9-16)14(20)11-6-12(18)8-13(19)7-11/h6-8,18-19H,4-5,9-10,16H2,1-3H3. The van der Waals surface area contributed by atoms with Crippen molar-refractivity contribution in [2.45, 2.75) is 27.2 Å². The first-order valence-corrected chi connectivity index (χ1v) is 6.81. The van der Waals surface area contributed by atoms with Crippen LogP contribution in [-0.2, 0) is 0 Å². The van der Waals surface area contributed by atoms with Crippen LogP contribution >= 0.6 is 0 Å². The van der Waals surface area contributed by atoms with Gasteiger partial charge in [-0.25, -0.2) is 0 Å². The number of nitrogens with two attached hydrogens (primary N) is 1. The number of phenols is 2. The van der Waals surface area contributed by atoms with E-state index in [2.05, 4.69) is 0 Å². The van der Waals surface area contributed by atoms with Crippen molar-refractivity contribution in [1.29, 1.82) is 0 Å². The van der Waals surface area contributed by atoms with E-state index in [0.29, 0.717) is 19.6 Å². The van der Waals surface area contributed by atoms with E-state index in [0.717, 1.165) is 6.42 Å². The second-order valence-corrected chi connectivity index (χ2v) is 5.83. The Balaban J connectivity index is 2.99. The van der Waals surface area contributed by atoms with Crippen LogP contribution in [0.15, 0.2) is 18.2 Å². The molecule has 0 atom stereocenters. The zero-order valence-corrected chi connectivity index (χ0v) is 12.4. The van der Waals surface area contributed by atoms with Crippen molar-refractivity contribution in [2.75, 3.05) is 19.6 Å². The van der Waals surface area contributed by atoms with Crippen LogP contribution in [0.3, 0.4) is 0 Å². The number of carbonyl (C=O) groups is 1. The predicted molar refractivity (Wildman–Crippen MR) is 78.8 cm³/mol. The summed E-state index contributed by atoms with van der Waals surface area (Å²) in [5.41, 5.74) is 5.82. The lowest BCUT2D eigenvalue weighted by molar-refractivity contribution is 0.0688. The molecule has 0 spiro atoms. The molecule has 1 rings (SSSR count). The van der Waals surface area contributed by atoms with Gasteiger partial charge in [0.15, 0.2) is 0 Å². The van der Waals surface area contributed by atoms with Crippen molar-refractivity contribution in [2.24, 2.45) is 11.1 Å². The summed E-state index contributed by atoms with van der Waals surface area (Å²) in [5, 5.41) is 19.0. The SMILES string of the molecule is CCCN(CC(C)(C)CN)C(=O)c1cc(O)cc(O)c1. The van der Waals surface area contributed by atoms with Crippen molar-refractivity contribution in [3.63, 3.8) is 0 Å². The van der Waals surface area contributed by atoms with E-state index in [1.165, 1.54) is 18.2 Å². The van der Waals surface area contributed by atoms with Gasteiger partial charge >= 0.3 is 0 Å². The van der Waals surface area contributed by atoms with Gasteiger partial charge in [0.25, 0.3) is 5.91 Å². The minimum Gasteiger partial charge on any atom is -0.508 e. The van der Waals surface area contributed by atoms with Gasteiger partial charge in [-0.3, -0.25) is 4.79 Å². The third-order valence-electron chi connectivity index (χ3n) is 3.10. The van der Waals surface area contributed by atoms with Crippen LogP contribution in [0, 0.1) is 5.41 Å². The van der Waals surface area contributed by atoms with Gasteiger partial charge in [0, 0.05) is 24.7 Å². The fourth-order valence-electron chi connectivity index (χ4n) is 2.00. The molecule has 0 saturated heterocycles. The molecule has 0 aromatic heterocycles. The fourth-order valence-corrected chi connectivity index (χ4v) is 2.00. The lowest BCUT2D eigenvalue weighted by Gasteiger charge is -2.31. The van der Waals surface area contributed by atoms with Crippen LogP contribution in [0.4, 0.5) is 0 Å². The predicted octanol–water partition coefficient (Wildman–Crippen LogP) is 1.93. The average Bonchev–Trinajstić information content (AvgIpc) is 2.36. The number of hydrogen-bond donors (Lipinski definition) is 3. The minimum absolute atomic E-state index is 0.122. The van der Waals surface area contributed by atoms with Gasteiger partial charge in [-0.2, -0.15) is 0 Å². The zero-order valence-electron chi connectivity index (χ0n) is 12.4. The maximum atomic E-state index is 12.5. The summed E-state index contributed by atoms with van der Waals surface area (Å²) >= 11 is 0. The molecule has 0 unspecified atom stereocenters. The maximum Gasteiger partial charge on any atom is 0.254 e. The van der Waals surface area contributed by atoms with E-state index in [1.807, 2.05) is 20.8 Å². The second-order valence-electron chi connectivity index (χ2n) is 5.83. The third kappa shape index (κ3) is 4.42. The van der Waals surface area contributed by atoms with Crippen LogP contribution in [0.5, 0.6) is 11.5 Å². The molecule has 0 aliphatic carbocycles. The van der Waals surface area contributed by atoms with E-state index in [4.69, 9.17) is 5.73 Å². The van der Waals surface area contributed by atoms with E-state index in [-0.39, 0.29) is 28.4 Å². The minimum atomic E-state index is -0.209. The summed E-state index contributed by atoms with van der Waals surface area (Å²) in [6.07, 6.45) is 0.831. The lowest BCUT2D eigenvalue weighted by Crippen LogP contribution is -2.42. The fraction of sp³-hybridized carbons (Fsp3) is 0.533. The molecule has 1 aromatic carbocycles. The largest absolute Gasteiger partial charge is 0.508 e. The van der Waals surface area contributed by atoms with Crippen LogP contribution in [0.25, 0.3) is 0 Å². The first-order valence-electron chi connectivity index (χ1n) is 6.81. The van der Waals surface area contributed by atoms with Crippen molar-refractivity contribution in [3.8, 4) is 11.5 Å². The molecule has 5 heteroatoms. The highest BCUT2D eigenvalue weighted by Crippen LogP contribution is 2.23. The molecule has 0 heterocycles. The summed E-state index contributed by atoms with van der Waals surface area (Å²) in [6.45, 7) is 7.62. The molecule has 0 aliphatic heterocycles. The van der Waals surface area contributed by atoms with E-state index in [9.17, 15) is 15.0 Å². The van der Waals surface area contributed by atoms with Crippen molar-refractivity contribution >= 4 is 5.91 Å². The molecule has 0 fully saturated rings. The lowest BCUT2D eigenvalue weighted by atomic mass is 9.92. The van der Waals surface area contributed by atoms with Gasteiger partial charge in [0.1, 0.15) is 11.5 Å². The van der Waals surface area contributed by atoms with E-state index in [1.54, 1.807) is 4.90 Å². The van der Waals surface area contributed by atoms with E-state index >= 15 is 0 Å². The van der Waals surface area contributed by atoms with Gasteiger partial charge in [-0.15, -0.1) is 0 Å². The first-order chi connectivity index (χ1) is 9.29. The number of nitrogens with zero attached hydrogens (tertiary/aromatic N) is 1. The molecule has 0 aliphatic rings. The summed E-state index contributed by atoms with van der Waals surface area (Å²) in [6, 6.07) is 3.92. The number of amides is 1. The van der Waals surface area contributed by atoms with Crippen LogP contribution in [0.2, 0.25) is 0 Å². The normalized spacial score (nSPS) is 11.4. The number of aromatic hydroxyl groups is 2. The summed E-state index contributed by atoms with van der Waals surface area (Å²) in [5.74, 6) is -0.453. The smallest absolute Gasteiger partial charge is 0.254 e. The van der Waals surface area contributed by atoms with Crippen LogP contribution in [-0.4, -0.2) is 40.7 Å². The Kier molecular flexibility index (Phi) is 5.39. The molecule has 1 aromatic rings. The topological polar surface area (TPSA) is 86.8 Å². The number of rotatable bonds is 6. The van der Waals surface area contributed by atoms with Crippen LogP contribution < -0.4 is 5.73 Å². The molecule has 1 amide bonds. The first kappa shape index (κ1) is 16.3. The Bertz CT molecular complexity index is 452. The van der Waals surface area contributed by atoms with Crippen molar-refractivity contribution in [1.82, 2.24) is 4.90 Å². The summed E-state index contributed by atoms with van der Waals surface area (Å²) in [7, 11) is 0. The van der Waals surface area contributed by atoms with Crippen LogP contribution in [0.1, 0.15) is 37.6 Å². The van der Waals surface area contributed by atoms with Crippen molar-refractivity contribution < 1.29 is 15.0 Å². The molecule has 4 N–H and O–H groups in total. The zero-order chi connectivity index (χ0) is 15.3. The van der Waals surface area contributed by atoms with Gasteiger partial charge in [0.05, 0.1) is 0 Å². The Hall–Kier alpha value is -1.75. The van der Waals surface area contributed by atoms with E-state index < -0.39 is 0 Å². The molecule has 112 valence electrons. The Morgan fingerprint density at radius 3 is 2.25 bits per heavy atom. The highest BCUT2D eigenvalue weighted by molar-refractivity contribution is 5.95. The highest BCUT2D eigenvalue weighted by Gasteiger charge is 2.24. The van der Waals surface area contributed by atoms with Gasteiger partial charge in [-0.05, 0) is 30.5 Å². The average molecular weight is 280 g/mol. The molecule has 5 nitrogen and oxygen atoms in total. The number of benzene rings is 1. The Morgan fingerprint density at radius 1 is 1.25 bits per heavy atom. The molecular weight excluding hydrogens is 256 g/mol. The van der Waals surface area contributed by atoms with Gasteiger partial charge in [0.2, 0.25) is 0 Å². The Morgan fingerprint density at radius 2 is 1.80 bits per heavy atom. The monoisotopic (exact) mass is 280 g/mol. The molecule has 0 radical (unpaired) electrons. The number of phenolic OH excluding ortho intramolecular Hbond substituents is 2. The van der Waals surface area contributed by atoms with Crippen molar-refractivity contribution in [3.05, 3.63) is 23.8 Å². The third-order valence-corrected chi connectivity index (χ3v) is 3.10. The molecule has 20 heavy (non-hydrogen) atoms.